The van der Waals surface area contributed by atoms with Gasteiger partial charge < -0.3 is 19.3 Å². The first-order valence-electron chi connectivity index (χ1n) is 16.9. The molecule has 0 amide bonds. The van der Waals surface area contributed by atoms with Crippen LogP contribution in [-0.2, 0) is 35.4 Å². The van der Waals surface area contributed by atoms with Crippen molar-refractivity contribution in [3.8, 4) is 29.3 Å². The van der Waals surface area contributed by atoms with E-state index in [1.807, 2.05) is 24.3 Å². The second kappa shape index (κ2) is 15.2. The zero-order valence-electron chi connectivity index (χ0n) is 26.9. The molecule has 8 bridgehead atoms. The number of aromatic hydroxyl groups is 1. The van der Waals surface area contributed by atoms with E-state index in [9.17, 15) is 9.90 Å². The number of rotatable bonds is 9. The molecule has 1 aliphatic carbocycles. The number of unbranched alkanes of at least 4 members (excludes halogenated alkanes) is 4. The summed E-state index contributed by atoms with van der Waals surface area (Å²) in [5, 5.41) is 13.1. The number of aryl methyl sites for hydroxylation is 3. The summed E-state index contributed by atoms with van der Waals surface area (Å²) >= 11 is 0. The Morgan fingerprint density at radius 1 is 0.891 bits per heavy atom. The third kappa shape index (κ3) is 7.85. The van der Waals surface area contributed by atoms with Gasteiger partial charge in [0.25, 0.3) is 0 Å². The van der Waals surface area contributed by atoms with E-state index in [1.165, 1.54) is 30.4 Å². The second-order valence-electron chi connectivity index (χ2n) is 12.7. The predicted molar refractivity (Wildman–Crippen MR) is 182 cm³/mol. The number of carbonyl (C=O) groups is 1. The molecule has 238 valence electrons. The first-order chi connectivity index (χ1) is 22.6. The van der Waals surface area contributed by atoms with Gasteiger partial charge in [-0.05, 0) is 102 Å². The summed E-state index contributed by atoms with van der Waals surface area (Å²) in [5.74, 6) is 4.98. The fraction of sp³-hybridized carbons (Fsp3) is 0.390. The van der Waals surface area contributed by atoms with Gasteiger partial charge in [0.1, 0.15) is 30.4 Å². The largest absolute Gasteiger partial charge is 0.508 e. The van der Waals surface area contributed by atoms with Crippen molar-refractivity contribution >= 4 is 16.6 Å². The van der Waals surface area contributed by atoms with Crippen LogP contribution in [0.15, 0.2) is 72.8 Å². The van der Waals surface area contributed by atoms with Gasteiger partial charge >= 0.3 is 0 Å². The van der Waals surface area contributed by atoms with E-state index in [2.05, 4.69) is 54.5 Å². The summed E-state index contributed by atoms with van der Waals surface area (Å²) in [6.45, 7) is 0.393. The lowest BCUT2D eigenvalue weighted by atomic mass is 9.80. The molecule has 0 fully saturated rings. The Morgan fingerprint density at radius 2 is 1.74 bits per heavy atom. The van der Waals surface area contributed by atoms with Crippen molar-refractivity contribution in [1.29, 1.82) is 0 Å². The van der Waals surface area contributed by atoms with Gasteiger partial charge in [0, 0.05) is 18.4 Å². The Bertz CT molecular complexity index is 1710. The fourth-order valence-electron chi connectivity index (χ4n) is 6.92. The Labute approximate surface area is 272 Å². The minimum absolute atomic E-state index is 0.132. The van der Waals surface area contributed by atoms with Crippen LogP contribution in [0.4, 0.5) is 0 Å². The minimum atomic E-state index is -0.246. The van der Waals surface area contributed by atoms with Crippen LogP contribution >= 0.6 is 0 Å². The maximum atomic E-state index is 13.2. The highest BCUT2D eigenvalue weighted by molar-refractivity contribution is 5.93. The number of ketones is 1. The molecule has 0 spiro atoms. The smallest absolute Gasteiger partial charge is 0.161 e. The zero-order valence-corrected chi connectivity index (χ0v) is 26.9. The topological polar surface area (TPSA) is 65.0 Å². The molecule has 2 aliphatic heterocycles. The number of hydrogen-bond donors (Lipinski definition) is 1. The first-order valence-corrected chi connectivity index (χ1v) is 16.9. The molecule has 0 saturated carbocycles. The molecule has 0 unspecified atom stereocenters. The van der Waals surface area contributed by atoms with Crippen molar-refractivity contribution in [3.63, 3.8) is 0 Å². The number of phenols is 1. The Morgan fingerprint density at radius 3 is 2.61 bits per heavy atom. The van der Waals surface area contributed by atoms with Gasteiger partial charge in [0.2, 0.25) is 0 Å². The lowest BCUT2D eigenvalue weighted by Crippen LogP contribution is -2.17. The van der Waals surface area contributed by atoms with Crippen LogP contribution in [0.3, 0.4) is 0 Å². The van der Waals surface area contributed by atoms with Crippen LogP contribution in [-0.4, -0.2) is 24.1 Å². The zero-order chi connectivity index (χ0) is 31.7. The minimum Gasteiger partial charge on any atom is -0.508 e. The van der Waals surface area contributed by atoms with Gasteiger partial charge in [-0.1, -0.05) is 73.7 Å². The van der Waals surface area contributed by atoms with Gasteiger partial charge in [0.15, 0.2) is 11.5 Å². The van der Waals surface area contributed by atoms with Crippen LogP contribution in [0.5, 0.6) is 17.2 Å². The summed E-state index contributed by atoms with van der Waals surface area (Å²) in [4.78, 5) is 13.2. The number of phenolic OH excluding ortho intramolecular Hbond substituents is 1. The Balaban J connectivity index is 1.19. The molecule has 7 rings (SSSR count). The van der Waals surface area contributed by atoms with Crippen molar-refractivity contribution in [2.45, 2.75) is 95.7 Å². The molecule has 1 N–H and O–H groups in total. The Hall–Kier alpha value is -4.43. The van der Waals surface area contributed by atoms with Crippen molar-refractivity contribution in [1.82, 2.24) is 0 Å². The van der Waals surface area contributed by atoms with E-state index in [4.69, 9.17) is 14.2 Å². The maximum absolute atomic E-state index is 13.2. The standard InChI is InChI=1S/C41H44O5/c1-44-38-21-15-30-14-19-35(42)27-36(13-9-4-2-3-6-10-29-11-7-5-8-12-29)45-23-22-32-16-17-33-24-31(28-46-39(38)26-30)25-34-18-20-37(43)41(32)40(33)34/h5,7-8,11-12,15,18,20-21,24-26,32,36,43H,2-4,6,9-10,13-14,16-17,19,27-28H2,1H3/t32-,36-/m0/s1. The normalized spacial score (nSPS) is 17.8. The lowest BCUT2D eigenvalue weighted by Gasteiger charge is -2.24. The predicted octanol–water partition coefficient (Wildman–Crippen LogP) is 9.00. The number of hydrogen-bond acceptors (Lipinski definition) is 5. The number of methoxy groups -OCH3 is 1. The average Bonchev–Trinajstić information content (AvgIpc) is 3.08. The monoisotopic (exact) mass is 616 g/mol. The summed E-state index contributed by atoms with van der Waals surface area (Å²) in [7, 11) is 1.64. The molecular formula is C41H44O5. The van der Waals surface area contributed by atoms with Crippen molar-refractivity contribution in [2.24, 2.45) is 0 Å². The number of benzene rings is 4. The van der Waals surface area contributed by atoms with E-state index in [0.717, 1.165) is 66.0 Å². The fourth-order valence-corrected chi connectivity index (χ4v) is 6.92. The van der Waals surface area contributed by atoms with Gasteiger partial charge in [-0.15, -0.1) is 0 Å². The highest BCUT2D eigenvalue weighted by Crippen LogP contribution is 2.42. The summed E-state index contributed by atoms with van der Waals surface area (Å²) in [5.41, 5.74) is 5.57. The van der Waals surface area contributed by atoms with Gasteiger partial charge in [-0.2, -0.15) is 0 Å². The summed E-state index contributed by atoms with van der Waals surface area (Å²) in [6.07, 6.45) is 13.4. The molecule has 0 saturated heterocycles. The van der Waals surface area contributed by atoms with E-state index in [-0.39, 0.29) is 23.6 Å². The highest BCUT2D eigenvalue weighted by atomic mass is 16.5. The lowest BCUT2D eigenvalue weighted by molar-refractivity contribution is -0.121. The van der Waals surface area contributed by atoms with Crippen molar-refractivity contribution in [2.75, 3.05) is 7.11 Å². The van der Waals surface area contributed by atoms with Crippen LogP contribution in [0.25, 0.3) is 10.8 Å². The molecule has 4 aromatic rings. The maximum Gasteiger partial charge on any atom is 0.161 e. The summed E-state index contributed by atoms with van der Waals surface area (Å²) < 4.78 is 18.0. The summed E-state index contributed by atoms with van der Waals surface area (Å²) in [6, 6.07) is 24.6. The number of Topliss-reactive ketones (excluding diaryl/α,β-unsaturated/α-hetero) is 1. The third-order valence-electron chi connectivity index (χ3n) is 9.39. The molecular weight excluding hydrogens is 572 g/mol. The molecule has 0 radical (unpaired) electrons. The van der Waals surface area contributed by atoms with Gasteiger partial charge in [-0.25, -0.2) is 0 Å². The molecule has 2 heterocycles. The molecule has 5 nitrogen and oxygen atoms in total. The van der Waals surface area contributed by atoms with Gasteiger partial charge in [-0.3, -0.25) is 4.79 Å². The van der Waals surface area contributed by atoms with Crippen LogP contribution in [0, 0.1) is 12.0 Å². The van der Waals surface area contributed by atoms with E-state index >= 15 is 0 Å². The molecule has 2 atom stereocenters. The van der Waals surface area contributed by atoms with Crippen LogP contribution in [0.2, 0.25) is 0 Å². The molecule has 5 heteroatoms. The third-order valence-corrected chi connectivity index (χ3v) is 9.39. The molecule has 4 aromatic carbocycles. The van der Waals surface area contributed by atoms with Gasteiger partial charge in [0.05, 0.1) is 13.0 Å². The highest BCUT2D eigenvalue weighted by Gasteiger charge is 2.25. The average molecular weight is 617 g/mol. The Kier molecular flexibility index (Phi) is 10.4. The van der Waals surface area contributed by atoms with E-state index in [0.29, 0.717) is 37.4 Å². The van der Waals surface area contributed by atoms with E-state index < -0.39 is 0 Å². The van der Waals surface area contributed by atoms with Crippen molar-refractivity contribution < 1.29 is 24.1 Å². The number of fused-ring (bicyclic) bond motifs is 7. The van der Waals surface area contributed by atoms with E-state index in [1.54, 1.807) is 13.2 Å². The van der Waals surface area contributed by atoms with Crippen LogP contribution in [0.1, 0.15) is 91.5 Å². The number of carbonyl (C=O) groups excluding carboxylic acids is 1. The first kappa shape index (κ1) is 31.5. The second-order valence-corrected chi connectivity index (χ2v) is 12.7. The SMILES string of the molecule is COc1ccc2cc1OCc1cc3c4c(c(O)ccc4c1)[C@H](C#CO[C@@H](CCCCCCCc1ccccc1)CC(=O)CC2)CC3. The molecule has 46 heavy (non-hydrogen) atoms. The van der Waals surface area contributed by atoms with Crippen molar-refractivity contribution in [3.05, 3.63) is 101 Å². The quantitative estimate of drug-likeness (QED) is 0.150. The number of ether oxygens (including phenoxy) is 3. The molecule has 3 aliphatic rings. The molecule has 0 aromatic heterocycles. The van der Waals surface area contributed by atoms with Crippen LogP contribution < -0.4 is 9.47 Å².